The Morgan fingerprint density at radius 2 is 2.05 bits per heavy atom. The van der Waals surface area contributed by atoms with Gasteiger partial charge in [0.2, 0.25) is 0 Å². The monoisotopic (exact) mass is 450 g/mol. The zero-order valence-corrected chi connectivity index (χ0v) is 14.4. The van der Waals surface area contributed by atoms with Crippen LogP contribution in [-0.4, -0.2) is 7.11 Å². The van der Waals surface area contributed by atoms with Crippen LogP contribution in [0, 0.1) is 9.39 Å². The molecule has 1 atom stereocenters. The third-order valence-corrected chi connectivity index (χ3v) is 4.34. The van der Waals surface area contributed by atoms with Crippen molar-refractivity contribution in [3.8, 4) is 5.75 Å². The van der Waals surface area contributed by atoms with Crippen LogP contribution in [0.15, 0.2) is 40.9 Å². The van der Waals surface area contributed by atoms with Gasteiger partial charge in [-0.25, -0.2) is 9.82 Å². The van der Waals surface area contributed by atoms with Crippen LogP contribution in [0.5, 0.6) is 5.75 Å². The molecule has 20 heavy (non-hydrogen) atoms. The van der Waals surface area contributed by atoms with Crippen LogP contribution >= 0.6 is 38.5 Å². The second-order valence-electron chi connectivity index (χ2n) is 4.16. The lowest BCUT2D eigenvalue weighted by Crippen LogP contribution is -2.29. The maximum atomic E-state index is 13.8. The fraction of sp³-hybridized carbons (Fsp3) is 0.143. The van der Waals surface area contributed by atoms with E-state index >= 15 is 0 Å². The molecule has 0 aliphatic heterocycles. The first-order valence-corrected chi connectivity index (χ1v) is 7.68. The van der Waals surface area contributed by atoms with E-state index in [4.69, 9.17) is 10.6 Å². The number of hydrogen-bond acceptors (Lipinski definition) is 3. The summed E-state index contributed by atoms with van der Waals surface area (Å²) < 4.78 is 20.8. The van der Waals surface area contributed by atoms with Crippen LogP contribution in [0.25, 0.3) is 0 Å². The van der Waals surface area contributed by atoms with Gasteiger partial charge in [-0.1, -0.05) is 22.0 Å². The molecule has 2 aromatic rings. The summed E-state index contributed by atoms with van der Waals surface area (Å²) in [7, 11) is 1.44. The van der Waals surface area contributed by atoms with Gasteiger partial charge in [0.05, 0.1) is 13.2 Å². The molecule has 0 aliphatic carbocycles. The molecule has 1 unspecified atom stereocenters. The van der Waals surface area contributed by atoms with E-state index in [2.05, 4.69) is 43.9 Å². The molecule has 0 heterocycles. The molecule has 0 saturated heterocycles. The number of methoxy groups -OCH3 is 1. The van der Waals surface area contributed by atoms with Gasteiger partial charge in [0.1, 0.15) is 0 Å². The second-order valence-corrected chi connectivity index (χ2v) is 6.26. The molecule has 2 aromatic carbocycles. The second kappa shape index (κ2) is 6.84. The number of ether oxygens (including phenoxy) is 1. The van der Waals surface area contributed by atoms with Crippen molar-refractivity contribution in [2.24, 2.45) is 5.84 Å². The first kappa shape index (κ1) is 15.7. The topological polar surface area (TPSA) is 47.3 Å². The molecule has 0 bridgehead atoms. The summed E-state index contributed by atoms with van der Waals surface area (Å²) in [5.74, 6) is 5.45. The summed E-state index contributed by atoms with van der Waals surface area (Å²) in [6, 6.07) is 10.4. The highest BCUT2D eigenvalue weighted by atomic mass is 127. The third kappa shape index (κ3) is 3.30. The summed E-state index contributed by atoms with van der Waals surface area (Å²) in [6.07, 6.45) is 0. The number of rotatable bonds is 4. The van der Waals surface area contributed by atoms with E-state index in [0.29, 0.717) is 0 Å². The Bertz CT molecular complexity index is 624. The van der Waals surface area contributed by atoms with Gasteiger partial charge in [0.25, 0.3) is 0 Å². The fourth-order valence-electron chi connectivity index (χ4n) is 1.96. The molecule has 0 fully saturated rings. The number of hydrogen-bond donors (Lipinski definition) is 2. The van der Waals surface area contributed by atoms with Crippen molar-refractivity contribution >= 4 is 38.5 Å². The lowest BCUT2D eigenvalue weighted by Gasteiger charge is -2.19. The summed E-state index contributed by atoms with van der Waals surface area (Å²) in [4.78, 5) is 0. The van der Waals surface area contributed by atoms with Gasteiger partial charge in [-0.05, 0) is 64.0 Å². The van der Waals surface area contributed by atoms with Gasteiger partial charge in [-0.3, -0.25) is 5.84 Å². The zero-order valence-electron chi connectivity index (χ0n) is 10.7. The summed E-state index contributed by atoms with van der Waals surface area (Å²) in [6.45, 7) is 0. The molecule has 2 rings (SSSR count). The molecular formula is C14H13BrFIN2O. The third-order valence-electron chi connectivity index (χ3n) is 2.94. The van der Waals surface area contributed by atoms with Gasteiger partial charge >= 0.3 is 0 Å². The van der Waals surface area contributed by atoms with Crippen LogP contribution < -0.4 is 16.0 Å². The lowest BCUT2D eigenvalue weighted by atomic mass is 9.99. The van der Waals surface area contributed by atoms with Gasteiger partial charge in [0, 0.05) is 8.04 Å². The molecule has 0 aliphatic rings. The molecule has 0 spiro atoms. The zero-order chi connectivity index (χ0) is 14.7. The van der Waals surface area contributed by atoms with E-state index in [1.807, 2.05) is 18.2 Å². The van der Waals surface area contributed by atoms with Gasteiger partial charge < -0.3 is 4.74 Å². The summed E-state index contributed by atoms with van der Waals surface area (Å²) >= 11 is 5.72. The SMILES string of the molecule is COc1ccc(C(NN)c2cc(I)ccc2Br)cc1F. The van der Waals surface area contributed by atoms with Crippen molar-refractivity contribution in [3.05, 3.63) is 61.4 Å². The Kier molecular flexibility index (Phi) is 5.36. The maximum absolute atomic E-state index is 13.8. The van der Waals surface area contributed by atoms with E-state index in [-0.39, 0.29) is 11.8 Å². The van der Waals surface area contributed by atoms with Gasteiger partial charge in [-0.2, -0.15) is 0 Å². The fourth-order valence-corrected chi connectivity index (χ4v) is 2.95. The van der Waals surface area contributed by atoms with Crippen LogP contribution in [0.1, 0.15) is 17.2 Å². The lowest BCUT2D eigenvalue weighted by molar-refractivity contribution is 0.385. The Hall–Kier alpha value is -0.700. The van der Waals surface area contributed by atoms with Crippen LogP contribution in [-0.2, 0) is 0 Å². The maximum Gasteiger partial charge on any atom is 0.165 e. The van der Waals surface area contributed by atoms with Crippen LogP contribution in [0.3, 0.4) is 0 Å². The Morgan fingerprint density at radius 1 is 1.30 bits per heavy atom. The predicted octanol–water partition coefficient (Wildman–Crippen LogP) is 3.75. The minimum atomic E-state index is -0.410. The van der Waals surface area contributed by atoms with Crippen molar-refractivity contribution in [1.82, 2.24) is 5.43 Å². The summed E-state index contributed by atoms with van der Waals surface area (Å²) in [5.41, 5.74) is 4.40. The quantitative estimate of drug-likeness (QED) is 0.423. The normalized spacial score (nSPS) is 12.2. The van der Waals surface area contributed by atoms with Crippen molar-refractivity contribution in [3.63, 3.8) is 0 Å². The highest BCUT2D eigenvalue weighted by Gasteiger charge is 2.17. The minimum Gasteiger partial charge on any atom is -0.494 e. The highest BCUT2D eigenvalue weighted by Crippen LogP contribution is 2.31. The average molecular weight is 451 g/mol. The van der Waals surface area contributed by atoms with Crippen molar-refractivity contribution < 1.29 is 9.13 Å². The molecule has 3 nitrogen and oxygen atoms in total. The molecule has 0 amide bonds. The molecular weight excluding hydrogens is 438 g/mol. The predicted molar refractivity (Wildman–Crippen MR) is 89.0 cm³/mol. The Labute approximate surface area is 138 Å². The summed E-state index contributed by atoms with van der Waals surface area (Å²) in [5, 5.41) is 0. The number of halogens is 3. The average Bonchev–Trinajstić information content (AvgIpc) is 2.44. The Balaban J connectivity index is 2.46. The number of benzene rings is 2. The molecule has 6 heteroatoms. The van der Waals surface area contributed by atoms with Gasteiger partial charge in [0.15, 0.2) is 11.6 Å². The molecule has 3 N–H and O–H groups in total. The van der Waals surface area contributed by atoms with Crippen molar-refractivity contribution in [2.45, 2.75) is 6.04 Å². The number of nitrogens with two attached hydrogens (primary N) is 1. The Morgan fingerprint density at radius 3 is 2.65 bits per heavy atom. The van der Waals surface area contributed by atoms with E-state index in [1.165, 1.54) is 13.2 Å². The molecule has 0 radical (unpaired) electrons. The first-order chi connectivity index (χ1) is 9.56. The smallest absolute Gasteiger partial charge is 0.165 e. The van der Waals surface area contributed by atoms with Crippen molar-refractivity contribution in [1.29, 1.82) is 0 Å². The molecule has 106 valence electrons. The van der Waals surface area contributed by atoms with E-state index in [1.54, 1.807) is 12.1 Å². The van der Waals surface area contributed by atoms with Gasteiger partial charge in [-0.15, -0.1) is 0 Å². The van der Waals surface area contributed by atoms with Crippen molar-refractivity contribution in [2.75, 3.05) is 7.11 Å². The minimum absolute atomic E-state index is 0.214. The number of hydrazine groups is 1. The van der Waals surface area contributed by atoms with E-state index in [0.717, 1.165) is 19.2 Å². The van der Waals surface area contributed by atoms with E-state index < -0.39 is 5.82 Å². The standard InChI is InChI=1S/C14H13BrFIN2O/c1-20-13-5-2-8(6-12(13)16)14(19-18)10-7-9(17)3-4-11(10)15/h2-7,14,19H,18H2,1H3. The van der Waals surface area contributed by atoms with E-state index in [9.17, 15) is 4.39 Å². The first-order valence-electron chi connectivity index (χ1n) is 5.81. The molecule has 0 saturated carbocycles. The number of nitrogens with one attached hydrogen (secondary N) is 1. The van der Waals surface area contributed by atoms with Crippen LogP contribution in [0.4, 0.5) is 4.39 Å². The largest absolute Gasteiger partial charge is 0.494 e. The van der Waals surface area contributed by atoms with Crippen LogP contribution in [0.2, 0.25) is 0 Å². The highest BCUT2D eigenvalue weighted by molar-refractivity contribution is 14.1. The molecule has 0 aromatic heterocycles.